The number of alkyl carbamates (subject to hydrolysis) is 1. The smallest absolute Gasteiger partial charge is 0.407 e. The lowest BCUT2D eigenvalue weighted by Crippen LogP contribution is -2.51. The van der Waals surface area contributed by atoms with Crippen LogP contribution in [0.15, 0.2) is 30.3 Å². The van der Waals surface area contributed by atoms with Crippen molar-refractivity contribution < 1.29 is 14.3 Å². The lowest BCUT2D eigenvalue weighted by Gasteiger charge is -2.44. The van der Waals surface area contributed by atoms with E-state index in [1.807, 2.05) is 23.1 Å². The van der Waals surface area contributed by atoms with Crippen molar-refractivity contribution in [1.82, 2.24) is 19.7 Å². The summed E-state index contributed by atoms with van der Waals surface area (Å²) >= 11 is 6.71. The molecule has 1 saturated heterocycles. The van der Waals surface area contributed by atoms with E-state index < -0.39 is 0 Å². The maximum Gasteiger partial charge on any atom is 0.407 e. The lowest BCUT2D eigenvalue weighted by molar-refractivity contribution is -0.0555. The summed E-state index contributed by atoms with van der Waals surface area (Å²) in [6.45, 7) is 4.04. The van der Waals surface area contributed by atoms with Crippen LogP contribution in [0.1, 0.15) is 46.2 Å². The maximum atomic E-state index is 13.4. The second kappa shape index (κ2) is 7.25. The summed E-state index contributed by atoms with van der Waals surface area (Å²) in [7, 11) is 2.13. The van der Waals surface area contributed by atoms with Gasteiger partial charge in [-0.15, -0.1) is 0 Å². The molecule has 4 aliphatic rings. The van der Waals surface area contributed by atoms with Gasteiger partial charge < -0.3 is 19.5 Å². The molecule has 1 aromatic carbocycles. The number of likely N-dealkylation sites (N-methyl/N-ethyl adjacent to an activating group) is 1. The van der Waals surface area contributed by atoms with Gasteiger partial charge in [-0.1, -0.05) is 29.8 Å². The average Bonchev–Trinajstić information content (AvgIpc) is 3.36. The number of halogens is 1. The van der Waals surface area contributed by atoms with E-state index in [-0.39, 0.29) is 23.6 Å². The molecule has 7 nitrogen and oxygen atoms in total. The number of rotatable bonds is 4. The Morgan fingerprint density at radius 1 is 1.22 bits per heavy atom. The summed E-state index contributed by atoms with van der Waals surface area (Å²) in [6.07, 6.45) is 1.97. The Morgan fingerprint density at radius 2 is 2.03 bits per heavy atom. The third-order valence-electron chi connectivity index (χ3n) is 7.59. The minimum Gasteiger partial charge on any atom is -0.441 e. The van der Waals surface area contributed by atoms with Crippen LogP contribution in [-0.4, -0.2) is 58.7 Å². The molecule has 168 valence electrons. The monoisotopic (exact) mass is 454 g/mol. The van der Waals surface area contributed by atoms with Crippen molar-refractivity contribution in [1.29, 1.82) is 0 Å². The van der Waals surface area contributed by atoms with Crippen molar-refractivity contribution in [2.75, 3.05) is 26.7 Å². The van der Waals surface area contributed by atoms with Crippen LogP contribution >= 0.6 is 11.6 Å². The van der Waals surface area contributed by atoms with Crippen molar-refractivity contribution >= 4 is 23.6 Å². The standard InChI is InChI=1S/C24H27ClN4O3/c1-27-6-7-28-16(13-27)8-19(25)21(28)9-20-17-4-2-3-5-18(17)22(30)29(20)12-15-10-24(11-15)14-26-23(31)32-24/h2-5,8,15,20H,6-7,9-14H2,1H3,(H,26,31). The molecule has 1 aromatic heterocycles. The minimum atomic E-state index is -0.372. The fraction of sp³-hybridized carbons (Fsp3) is 0.500. The summed E-state index contributed by atoms with van der Waals surface area (Å²) in [6, 6.07) is 9.99. The van der Waals surface area contributed by atoms with Crippen molar-refractivity contribution in [3.63, 3.8) is 0 Å². The summed E-state index contributed by atoms with van der Waals surface area (Å²) in [4.78, 5) is 29.2. The molecule has 6 rings (SSSR count). The lowest BCUT2D eigenvalue weighted by atomic mass is 9.70. The van der Waals surface area contributed by atoms with Gasteiger partial charge >= 0.3 is 6.09 Å². The summed E-state index contributed by atoms with van der Waals surface area (Å²) in [5.41, 5.74) is 3.86. The van der Waals surface area contributed by atoms with Crippen LogP contribution in [0.3, 0.4) is 0 Å². The Bertz CT molecular complexity index is 1110. The van der Waals surface area contributed by atoms with Crippen molar-refractivity contribution in [3.8, 4) is 0 Å². The molecule has 8 heteroatoms. The molecular formula is C24H27ClN4O3. The summed E-state index contributed by atoms with van der Waals surface area (Å²) in [5, 5.41) is 3.55. The highest BCUT2D eigenvalue weighted by Crippen LogP contribution is 2.46. The van der Waals surface area contributed by atoms with Gasteiger partial charge in [0.05, 0.1) is 17.6 Å². The Morgan fingerprint density at radius 3 is 2.81 bits per heavy atom. The number of hydrogen-bond donors (Lipinski definition) is 1. The Kier molecular flexibility index (Phi) is 4.56. The molecular weight excluding hydrogens is 428 g/mol. The first kappa shape index (κ1) is 20.1. The first-order valence-corrected chi connectivity index (χ1v) is 11.7. The highest BCUT2D eigenvalue weighted by molar-refractivity contribution is 6.31. The van der Waals surface area contributed by atoms with Crippen LogP contribution in [0.25, 0.3) is 0 Å². The van der Waals surface area contributed by atoms with Crippen LogP contribution in [0.2, 0.25) is 5.02 Å². The minimum absolute atomic E-state index is 0.0318. The van der Waals surface area contributed by atoms with E-state index in [4.69, 9.17) is 16.3 Å². The number of benzene rings is 1. The van der Waals surface area contributed by atoms with E-state index in [2.05, 4.69) is 34.0 Å². The number of carbonyl (C=O) groups excluding carboxylic acids is 2. The SMILES string of the molecule is CN1CCn2c(cc(Cl)c2CC2c3ccccc3C(=O)N2CC2CC3(CNC(=O)O3)C2)C1. The zero-order valence-electron chi connectivity index (χ0n) is 18.1. The predicted octanol–water partition coefficient (Wildman–Crippen LogP) is 3.22. The highest BCUT2D eigenvalue weighted by atomic mass is 35.5. The van der Waals surface area contributed by atoms with Gasteiger partial charge in [-0.2, -0.15) is 0 Å². The predicted molar refractivity (Wildman–Crippen MR) is 120 cm³/mol. The number of hydrogen-bond acceptors (Lipinski definition) is 4. The number of nitrogens with one attached hydrogen (secondary N) is 1. The van der Waals surface area contributed by atoms with Crippen LogP contribution in [0, 0.1) is 5.92 Å². The molecule has 2 fully saturated rings. The van der Waals surface area contributed by atoms with E-state index in [9.17, 15) is 9.59 Å². The number of amides is 2. The molecule has 1 saturated carbocycles. The van der Waals surface area contributed by atoms with Gasteiger partial charge in [0.1, 0.15) is 5.60 Å². The maximum absolute atomic E-state index is 13.4. The normalized spacial score (nSPS) is 29.0. The summed E-state index contributed by atoms with van der Waals surface area (Å²) in [5.74, 6) is 0.420. The zero-order chi connectivity index (χ0) is 22.0. The van der Waals surface area contributed by atoms with Gasteiger partial charge in [0.2, 0.25) is 0 Å². The molecule has 0 bridgehead atoms. The first-order valence-electron chi connectivity index (χ1n) is 11.3. The molecule has 1 spiro atoms. The Labute approximate surface area is 192 Å². The van der Waals surface area contributed by atoms with Crippen molar-refractivity contribution in [2.24, 2.45) is 5.92 Å². The molecule has 2 amide bonds. The van der Waals surface area contributed by atoms with E-state index in [1.54, 1.807) is 0 Å². The number of fused-ring (bicyclic) bond motifs is 2. The van der Waals surface area contributed by atoms with E-state index in [1.165, 1.54) is 5.69 Å². The topological polar surface area (TPSA) is 66.8 Å². The Hall–Kier alpha value is -2.51. The Balaban J connectivity index is 1.27. The number of carbonyl (C=O) groups is 2. The molecule has 3 aliphatic heterocycles. The second-order valence-electron chi connectivity index (χ2n) is 9.78. The third kappa shape index (κ3) is 3.13. The van der Waals surface area contributed by atoms with E-state index in [0.717, 1.165) is 54.3 Å². The molecule has 2 aromatic rings. The van der Waals surface area contributed by atoms with Crippen LogP contribution in [-0.2, 0) is 24.2 Å². The van der Waals surface area contributed by atoms with Crippen LogP contribution in [0.5, 0.6) is 0 Å². The first-order chi connectivity index (χ1) is 15.4. The average molecular weight is 455 g/mol. The molecule has 1 atom stereocenters. The molecule has 1 N–H and O–H groups in total. The molecule has 1 aliphatic carbocycles. The fourth-order valence-corrected chi connectivity index (χ4v) is 6.35. The number of ether oxygens (including phenoxy) is 1. The largest absolute Gasteiger partial charge is 0.441 e. The quantitative estimate of drug-likeness (QED) is 0.770. The van der Waals surface area contributed by atoms with Gasteiger partial charge in [0.25, 0.3) is 5.91 Å². The molecule has 32 heavy (non-hydrogen) atoms. The van der Waals surface area contributed by atoms with Crippen molar-refractivity contribution in [3.05, 3.63) is 57.9 Å². The summed E-state index contributed by atoms with van der Waals surface area (Å²) < 4.78 is 7.83. The number of aromatic nitrogens is 1. The van der Waals surface area contributed by atoms with Crippen LogP contribution < -0.4 is 5.32 Å². The number of nitrogens with zero attached hydrogens (tertiary/aromatic N) is 3. The fourth-order valence-electron chi connectivity index (χ4n) is 6.04. The van der Waals surface area contributed by atoms with Gasteiger partial charge in [-0.05, 0) is 43.5 Å². The zero-order valence-corrected chi connectivity index (χ0v) is 18.9. The molecule has 4 heterocycles. The van der Waals surface area contributed by atoms with Gasteiger partial charge in [0.15, 0.2) is 0 Å². The second-order valence-corrected chi connectivity index (χ2v) is 10.2. The van der Waals surface area contributed by atoms with Crippen molar-refractivity contribution in [2.45, 2.75) is 44.0 Å². The van der Waals surface area contributed by atoms with E-state index in [0.29, 0.717) is 25.4 Å². The van der Waals surface area contributed by atoms with Gasteiger partial charge in [0, 0.05) is 49.6 Å². The van der Waals surface area contributed by atoms with Gasteiger partial charge in [-0.25, -0.2) is 4.79 Å². The van der Waals surface area contributed by atoms with Crippen LogP contribution in [0.4, 0.5) is 4.79 Å². The molecule has 1 unspecified atom stereocenters. The third-order valence-corrected chi connectivity index (χ3v) is 7.92. The highest BCUT2D eigenvalue weighted by Gasteiger charge is 2.52. The van der Waals surface area contributed by atoms with E-state index >= 15 is 0 Å². The molecule has 0 radical (unpaired) electrons. The van der Waals surface area contributed by atoms with Gasteiger partial charge in [-0.3, -0.25) is 9.69 Å².